The number of benzene rings is 2. The number of aromatic nitrogens is 1. The van der Waals surface area contributed by atoms with Crippen molar-refractivity contribution in [1.29, 1.82) is 0 Å². The molecule has 2 heterocycles. The Morgan fingerprint density at radius 1 is 1.19 bits per heavy atom. The summed E-state index contributed by atoms with van der Waals surface area (Å²) >= 11 is 1.38. The zero-order valence-corrected chi connectivity index (χ0v) is 15.6. The number of aryl methyl sites for hydroxylation is 1. The SMILES string of the molecule is COc1ccc2oc(-c3csc(NC(=O)CCc4ccccc4)n3)cc2c1. The predicted octanol–water partition coefficient (Wildman–Crippen LogP) is 5.14. The van der Waals surface area contributed by atoms with Gasteiger partial charge in [-0.3, -0.25) is 4.79 Å². The molecule has 27 heavy (non-hydrogen) atoms. The minimum atomic E-state index is -0.0471. The van der Waals surface area contributed by atoms with E-state index in [1.54, 1.807) is 7.11 Å². The van der Waals surface area contributed by atoms with E-state index < -0.39 is 0 Å². The van der Waals surface area contributed by atoms with Crippen LogP contribution in [0, 0.1) is 0 Å². The van der Waals surface area contributed by atoms with Crippen LogP contribution in [0.25, 0.3) is 22.4 Å². The summed E-state index contributed by atoms with van der Waals surface area (Å²) in [6.45, 7) is 0. The van der Waals surface area contributed by atoms with Gasteiger partial charge in [-0.15, -0.1) is 11.3 Å². The molecule has 0 spiro atoms. The van der Waals surface area contributed by atoms with E-state index in [1.807, 2.05) is 60.0 Å². The highest BCUT2D eigenvalue weighted by Gasteiger charge is 2.12. The van der Waals surface area contributed by atoms with Crippen molar-refractivity contribution in [3.63, 3.8) is 0 Å². The van der Waals surface area contributed by atoms with Gasteiger partial charge in [0.15, 0.2) is 10.9 Å². The number of nitrogens with one attached hydrogen (secondary N) is 1. The molecule has 0 unspecified atom stereocenters. The number of nitrogens with zero attached hydrogens (tertiary/aromatic N) is 1. The van der Waals surface area contributed by atoms with Crippen LogP contribution in [0.5, 0.6) is 5.75 Å². The van der Waals surface area contributed by atoms with Gasteiger partial charge in [-0.1, -0.05) is 30.3 Å². The van der Waals surface area contributed by atoms with Crippen molar-refractivity contribution in [3.05, 3.63) is 65.5 Å². The van der Waals surface area contributed by atoms with Gasteiger partial charge in [0.1, 0.15) is 17.0 Å². The fraction of sp³-hybridized carbons (Fsp3) is 0.143. The molecule has 0 aliphatic heterocycles. The van der Waals surface area contributed by atoms with Crippen LogP contribution in [-0.2, 0) is 11.2 Å². The summed E-state index contributed by atoms with van der Waals surface area (Å²) in [5.74, 6) is 1.40. The Morgan fingerprint density at radius 3 is 2.85 bits per heavy atom. The average Bonchev–Trinajstić information content (AvgIpc) is 3.33. The maximum Gasteiger partial charge on any atom is 0.226 e. The first kappa shape index (κ1) is 17.3. The lowest BCUT2D eigenvalue weighted by Crippen LogP contribution is -2.12. The number of amides is 1. The lowest BCUT2D eigenvalue weighted by molar-refractivity contribution is -0.116. The highest BCUT2D eigenvalue weighted by Crippen LogP contribution is 2.31. The zero-order valence-electron chi connectivity index (χ0n) is 14.8. The average molecular weight is 378 g/mol. The minimum absolute atomic E-state index is 0.0471. The second-order valence-electron chi connectivity index (χ2n) is 6.09. The highest BCUT2D eigenvalue weighted by molar-refractivity contribution is 7.14. The summed E-state index contributed by atoms with van der Waals surface area (Å²) < 4.78 is 11.1. The van der Waals surface area contributed by atoms with E-state index in [-0.39, 0.29) is 5.91 Å². The predicted molar refractivity (Wildman–Crippen MR) is 107 cm³/mol. The fourth-order valence-corrected chi connectivity index (χ4v) is 3.52. The molecule has 0 atom stereocenters. The molecule has 5 nitrogen and oxygen atoms in total. The van der Waals surface area contributed by atoms with E-state index in [0.29, 0.717) is 29.4 Å². The summed E-state index contributed by atoms with van der Waals surface area (Å²) in [6, 6.07) is 17.5. The Labute approximate surface area is 160 Å². The van der Waals surface area contributed by atoms with Gasteiger partial charge in [0, 0.05) is 17.2 Å². The molecule has 4 rings (SSSR count). The Balaban J connectivity index is 1.43. The van der Waals surface area contributed by atoms with Crippen molar-refractivity contribution < 1.29 is 13.9 Å². The number of anilines is 1. The van der Waals surface area contributed by atoms with Crippen LogP contribution in [-0.4, -0.2) is 18.0 Å². The lowest BCUT2D eigenvalue weighted by atomic mass is 10.1. The molecule has 0 radical (unpaired) electrons. The van der Waals surface area contributed by atoms with Crippen LogP contribution in [0.3, 0.4) is 0 Å². The molecule has 136 valence electrons. The summed E-state index contributed by atoms with van der Waals surface area (Å²) in [6.07, 6.45) is 1.12. The van der Waals surface area contributed by atoms with E-state index in [4.69, 9.17) is 9.15 Å². The molecule has 2 aromatic heterocycles. The summed E-state index contributed by atoms with van der Waals surface area (Å²) in [7, 11) is 1.63. The van der Waals surface area contributed by atoms with Crippen molar-refractivity contribution >= 4 is 33.3 Å². The molecule has 0 aliphatic rings. The molecule has 0 saturated carbocycles. The lowest BCUT2D eigenvalue weighted by Gasteiger charge is -2.02. The smallest absolute Gasteiger partial charge is 0.226 e. The third-order valence-corrected chi connectivity index (χ3v) is 4.97. The first-order valence-electron chi connectivity index (χ1n) is 8.58. The number of thiazole rings is 1. The van der Waals surface area contributed by atoms with Gasteiger partial charge in [-0.25, -0.2) is 4.98 Å². The number of hydrogen-bond acceptors (Lipinski definition) is 5. The number of rotatable bonds is 6. The quantitative estimate of drug-likeness (QED) is 0.505. The van der Waals surface area contributed by atoms with E-state index in [2.05, 4.69) is 10.3 Å². The van der Waals surface area contributed by atoms with Gasteiger partial charge in [0.25, 0.3) is 0 Å². The molecular formula is C21H18N2O3S. The van der Waals surface area contributed by atoms with Crippen LogP contribution in [0.1, 0.15) is 12.0 Å². The number of methoxy groups -OCH3 is 1. The number of carbonyl (C=O) groups excluding carboxylic acids is 1. The molecule has 1 N–H and O–H groups in total. The minimum Gasteiger partial charge on any atom is -0.497 e. The zero-order chi connectivity index (χ0) is 18.6. The molecular weight excluding hydrogens is 360 g/mol. The molecule has 0 fully saturated rings. The second kappa shape index (κ2) is 7.63. The second-order valence-corrected chi connectivity index (χ2v) is 6.94. The third kappa shape index (κ3) is 4.01. The van der Waals surface area contributed by atoms with Gasteiger partial charge in [-0.2, -0.15) is 0 Å². The Hall–Kier alpha value is -3.12. The standard InChI is InChI=1S/C21H18N2O3S/c1-25-16-8-9-18-15(11-16)12-19(26-18)17-13-27-21(22-17)23-20(24)10-7-14-5-3-2-4-6-14/h2-6,8-9,11-13H,7,10H2,1H3,(H,22,23,24). The summed E-state index contributed by atoms with van der Waals surface area (Å²) in [5.41, 5.74) is 2.62. The topological polar surface area (TPSA) is 64.4 Å². The van der Waals surface area contributed by atoms with Crippen molar-refractivity contribution in [2.45, 2.75) is 12.8 Å². The third-order valence-electron chi connectivity index (χ3n) is 4.21. The Morgan fingerprint density at radius 2 is 2.04 bits per heavy atom. The number of fused-ring (bicyclic) bond motifs is 1. The molecule has 1 amide bonds. The first-order valence-corrected chi connectivity index (χ1v) is 9.46. The van der Waals surface area contributed by atoms with Crippen LogP contribution >= 0.6 is 11.3 Å². The van der Waals surface area contributed by atoms with Gasteiger partial charge < -0.3 is 14.5 Å². The summed E-state index contributed by atoms with van der Waals surface area (Å²) in [5, 5.41) is 6.26. The van der Waals surface area contributed by atoms with Crippen molar-refractivity contribution in [3.8, 4) is 17.2 Å². The number of ether oxygens (including phenoxy) is 1. The van der Waals surface area contributed by atoms with Gasteiger partial charge >= 0.3 is 0 Å². The van der Waals surface area contributed by atoms with Crippen LogP contribution in [0.2, 0.25) is 0 Å². The molecule has 6 heteroatoms. The molecule has 0 aliphatic carbocycles. The number of carbonyl (C=O) groups is 1. The van der Waals surface area contributed by atoms with Crippen LogP contribution in [0.4, 0.5) is 5.13 Å². The van der Waals surface area contributed by atoms with E-state index in [9.17, 15) is 4.79 Å². The number of furan rings is 1. The van der Waals surface area contributed by atoms with Crippen molar-refractivity contribution in [2.75, 3.05) is 12.4 Å². The molecule has 2 aromatic carbocycles. The highest BCUT2D eigenvalue weighted by atomic mass is 32.1. The van der Waals surface area contributed by atoms with E-state index in [0.717, 1.165) is 22.3 Å². The normalized spacial score (nSPS) is 10.9. The Bertz CT molecular complexity index is 1070. The Kier molecular flexibility index (Phi) is 4.89. The van der Waals surface area contributed by atoms with Gasteiger partial charge in [0.2, 0.25) is 5.91 Å². The largest absolute Gasteiger partial charge is 0.497 e. The summed E-state index contributed by atoms with van der Waals surface area (Å²) in [4.78, 5) is 16.6. The monoisotopic (exact) mass is 378 g/mol. The first-order chi connectivity index (χ1) is 13.2. The number of hydrogen-bond donors (Lipinski definition) is 1. The fourth-order valence-electron chi connectivity index (χ4n) is 2.80. The maximum atomic E-state index is 12.2. The van der Waals surface area contributed by atoms with Crippen LogP contribution in [0.15, 0.2) is 64.4 Å². The van der Waals surface area contributed by atoms with Gasteiger partial charge in [-0.05, 0) is 36.2 Å². The van der Waals surface area contributed by atoms with Crippen molar-refractivity contribution in [1.82, 2.24) is 4.98 Å². The van der Waals surface area contributed by atoms with E-state index in [1.165, 1.54) is 11.3 Å². The molecule has 4 aromatic rings. The molecule has 0 bridgehead atoms. The van der Waals surface area contributed by atoms with Crippen LogP contribution < -0.4 is 10.1 Å². The maximum absolute atomic E-state index is 12.2. The van der Waals surface area contributed by atoms with Crippen molar-refractivity contribution in [2.24, 2.45) is 0 Å². The van der Waals surface area contributed by atoms with E-state index >= 15 is 0 Å². The molecule has 0 saturated heterocycles. The van der Waals surface area contributed by atoms with Gasteiger partial charge in [0.05, 0.1) is 7.11 Å².